The zero-order valence-electron chi connectivity index (χ0n) is 11.9. The van der Waals surface area contributed by atoms with E-state index in [0.717, 1.165) is 13.0 Å². The van der Waals surface area contributed by atoms with E-state index in [-0.39, 0.29) is 6.04 Å². The van der Waals surface area contributed by atoms with E-state index in [9.17, 15) is 0 Å². The van der Waals surface area contributed by atoms with Crippen LogP contribution in [0.4, 0.5) is 0 Å². The van der Waals surface area contributed by atoms with Crippen LogP contribution in [0.15, 0.2) is 18.2 Å². The van der Waals surface area contributed by atoms with Crippen LogP contribution in [0.3, 0.4) is 0 Å². The van der Waals surface area contributed by atoms with E-state index < -0.39 is 0 Å². The van der Waals surface area contributed by atoms with Crippen LogP contribution in [0.2, 0.25) is 0 Å². The van der Waals surface area contributed by atoms with Crippen LogP contribution in [-0.4, -0.2) is 24.0 Å². The molecule has 1 saturated heterocycles. The van der Waals surface area contributed by atoms with Gasteiger partial charge in [0.05, 0.1) is 6.04 Å². The Kier molecular flexibility index (Phi) is 4.41. The molecule has 0 saturated carbocycles. The molecule has 2 rings (SSSR count). The van der Waals surface area contributed by atoms with E-state index in [4.69, 9.17) is 5.73 Å². The summed E-state index contributed by atoms with van der Waals surface area (Å²) >= 11 is 0. The van der Waals surface area contributed by atoms with Gasteiger partial charge in [-0.2, -0.15) is 0 Å². The Bertz CT molecular complexity index is 400. The van der Waals surface area contributed by atoms with E-state index in [0.29, 0.717) is 6.04 Å². The van der Waals surface area contributed by atoms with E-state index >= 15 is 0 Å². The van der Waals surface area contributed by atoms with Gasteiger partial charge in [-0.25, -0.2) is 0 Å². The molecule has 1 aliphatic heterocycles. The van der Waals surface area contributed by atoms with Gasteiger partial charge in [-0.05, 0) is 56.5 Å². The van der Waals surface area contributed by atoms with Crippen LogP contribution >= 0.6 is 0 Å². The van der Waals surface area contributed by atoms with E-state index in [2.05, 4.69) is 43.9 Å². The molecular formula is C16H26N2. The molecule has 2 atom stereocenters. The van der Waals surface area contributed by atoms with Crippen LogP contribution in [0, 0.1) is 13.8 Å². The Balaban J connectivity index is 2.39. The summed E-state index contributed by atoms with van der Waals surface area (Å²) in [6, 6.07) is 7.30. The van der Waals surface area contributed by atoms with Gasteiger partial charge >= 0.3 is 0 Å². The van der Waals surface area contributed by atoms with Crippen molar-refractivity contribution in [2.45, 2.75) is 52.1 Å². The summed E-state index contributed by atoms with van der Waals surface area (Å²) in [6.45, 7) is 8.94. The van der Waals surface area contributed by atoms with Gasteiger partial charge in [0.25, 0.3) is 0 Å². The average molecular weight is 246 g/mol. The molecule has 1 aliphatic rings. The number of likely N-dealkylation sites (tertiary alicyclic amines) is 1. The van der Waals surface area contributed by atoms with Gasteiger partial charge in [0.2, 0.25) is 0 Å². The molecular weight excluding hydrogens is 220 g/mol. The molecule has 0 spiro atoms. The average Bonchev–Trinajstić information content (AvgIpc) is 2.54. The molecule has 0 bridgehead atoms. The molecule has 1 aromatic carbocycles. The maximum absolute atomic E-state index is 6.45. The number of benzene rings is 1. The van der Waals surface area contributed by atoms with Crippen molar-refractivity contribution in [1.82, 2.24) is 4.90 Å². The van der Waals surface area contributed by atoms with Crippen molar-refractivity contribution >= 4 is 0 Å². The summed E-state index contributed by atoms with van der Waals surface area (Å²) in [6.07, 6.45) is 3.69. The monoisotopic (exact) mass is 246 g/mol. The molecule has 0 aliphatic carbocycles. The maximum Gasteiger partial charge on any atom is 0.0501 e. The number of aryl methyl sites for hydroxylation is 1. The second-order valence-corrected chi connectivity index (χ2v) is 5.52. The van der Waals surface area contributed by atoms with Gasteiger partial charge in [-0.15, -0.1) is 0 Å². The SMILES string of the molecule is CCN1CCCCC(N)C1c1cccc(C)c1C. The molecule has 0 amide bonds. The number of nitrogens with two attached hydrogens (primary N) is 1. The summed E-state index contributed by atoms with van der Waals surface area (Å²) < 4.78 is 0. The zero-order valence-corrected chi connectivity index (χ0v) is 11.9. The predicted molar refractivity (Wildman–Crippen MR) is 77.7 cm³/mol. The van der Waals surface area contributed by atoms with E-state index in [1.54, 1.807) is 0 Å². The van der Waals surface area contributed by atoms with Crippen LogP contribution in [0.5, 0.6) is 0 Å². The van der Waals surface area contributed by atoms with Crippen LogP contribution in [-0.2, 0) is 0 Å². The third kappa shape index (κ3) is 2.60. The first-order valence-electron chi connectivity index (χ1n) is 7.21. The lowest BCUT2D eigenvalue weighted by Gasteiger charge is -2.34. The lowest BCUT2D eigenvalue weighted by atomic mass is 9.91. The Morgan fingerprint density at radius 3 is 2.78 bits per heavy atom. The second-order valence-electron chi connectivity index (χ2n) is 5.52. The Labute approximate surface area is 111 Å². The van der Waals surface area contributed by atoms with Gasteiger partial charge in [-0.3, -0.25) is 4.90 Å². The molecule has 0 radical (unpaired) electrons. The molecule has 2 unspecified atom stereocenters. The highest BCUT2D eigenvalue weighted by molar-refractivity contribution is 5.36. The lowest BCUT2D eigenvalue weighted by molar-refractivity contribution is 0.195. The normalized spacial score (nSPS) is 26.0. The van der Waals surface area contributed by atoms with E-state index in [1.807, 2.05) is 0 Å². The fraction of sp³-hybridized carbons (Fsp3) is 0.625. The number of nitrogens with zero attached hydrogens (tertiary/aromatic N) is 1. The van der Waals surface area contributed by atoms with Gasteiger partial charge in [0.1, 0.15) is 0 Å². The van der Waals surface area contributed by atoms with Gasteiger partial charge in [0.15, 0.2) is 0 Å². The number of likely N-dealkylation sites (N-methyl/N-ethyl adjacent to an activating group) is 1. The summed E-state index contributed by atoms with van der Waals surface area (Å²) in [5.74, 6) is 0. The predicted octanol–water partition coefficient (Wildman–Crippen LogP) is 3.18. The number of hydrogen-bond donors (Lipinski definition) is 1. The van der Waals surface area contributed by atoms with Crippen molar-refractivity contribution in [2.24, 2.45) is 5.73 Å². The first kappa shape index (κ1) is 13.6. The van der Waals surface area contributed by atoms with Crippen molar-refractivity contribution in [2.75, 3.05) is 13.1 Å². The highest BCUT2D eigenvalue weighted by atomic mass is 15.2. The summed E-state index contributed by atoms with van der Waals surface area (Å²) in [5.41, 5.74) is 10.7. The molecule has 2 N–H and O–H groups in total. The van der Waals surface area contributed by atoms with Gasteiger partial charge < -0.3 is 5.73 Å². The van der Waals surface area contributed by atoms with Crippen molar-refractivity contribution in [3.05, 3.63) is 34.9 Å². The first-order chi connectivity index (χ1) is 8.65. The number of rotatable bonds is 2. The van der Waals surface area contributed by atoms with Crippen molar-refractivity contribution in [3.63, 3.8) is 0 Å². The molecule has 1 fully saturated rings. The minimum atomic E-state index is 0.271. The Hall–Kier alpha value is -0.860. The second kappa shape index (κ2) is 5.85. The van der Waals surface area contributed by atoms with Crippen LogP contribution in [0.1, 0.15) is 48.9 Å². The number of hydrogen-bond acceptors (Lipinski definition) is 2. The smallest absolute Gasteiger partial charge is 0.0501 e. The largest absolute Gasteiger partial charge is 0.326 e. The van der Waals surface area contributed by atoms with Gasteiger partial charge in [-0.1, -0.05) is 31.5 Å². The molecule has 1 aromatic rings. The van der Waals surface area contributed by atoms with Gasteiger partial charge in [0, 0.05) is 6.04 Å². The van der Waals surface area contributed by atoms with Crippen molar-refractivity contribution < 1.29 is 0 Å². The Morgan fingerprint density at radius 1 is 1.28 bits per heavy atom. The van der Waals surface area contributed by atoms with Crippen molar-refractivity contribution in [3.8, 4) is 0 Å². The fourth-order valence-electron chi connectivity index (χ4n) is 3.14. The molecule has 2 nitrogen and oxygen atoms in total. The standard InChI is InChI=1S/C16H26N2/c1-4-18-11-6-5-10-15(17)16(18)14-9-7-8-12(2)13(14)3/h7-9,15-16H,4-6,10-11,17H2,1-3H3. The first-order valence-corrected chi connectivity index (χ1v) is 7.21. The topological polar surface area (TPSA) is 29.3 Å². The van der Waals surface area contributed by atoms with E-state index in [1.165, 1.54) is 36.1 Å². The minimum Gasteiger partial charge on any atom is -0.326 e. The molecule has 2 heteroatoms. The molecule has 1 heterocycles. The third-order valence-electron chi connectivity index (χ3n) is 4.40. The highest BCUT2D eigenvalue weighted by Gasteiger charge is 2.28. The van der Waals surface area contributed by atoms with Crippen LogP contribution < -0.4 is 5.73 Å². The minimum absolute atomic E-state index is 0.271. The molecule has 100 valence electrons. The summed E-state index contributed by atoms with van der Waals surface area (Å²) in [5, 5.41) is 0. The third-order valence-corrected chi connectivity index (χ3v) is 4.40. The maximum atomic E-state index is 6.45. The van der Waals surface area contributed by atoms with Crippen molar-refractivity contribution in [1.29, 1.82) is 0 Å². The Morgan fingerprint density at radius 2 is 2.06 bits per heavy atom. The molecule has 18 heavy (non-hydrogen) atoms. The summed E-state index contributed by atoms with van der Waals surface area (Å²) in [4.78, 5) is 2.56. The lowest BCUT2D eigenvalue weighted by Crippen LogP contribution is -2.40. The zero-order chi connectivity index (χ0) is 13.1. The fourth-order valence-corrected chi connectivity index (χ4v) is 3.14. The summed E-state index contributed by atoms with van der Waals surface area (Å²) in [7, 11) is 0. The van der Waals surface area contributed by atoms with Crippen LogP contribution in [0.25, 0.3) is 0 Å². The quantitative estimate of drug-likeness (QED) is 0.868. The molecule has 0 aromatic heterocycles. The highest BCUT2D eigenvalue weighted by Crippen LogP contribution is 2.32.